The highest BCUT2D eigenvalue weighted by Gasteiger charge is 2.19. The first-order chi connectivity index (χ1) is 10.6. The molecule has 0 spiro atoms. The van der Waals surface area contributed by atoms with Crippen LogP contribution in [0.2, 0.25) is 13.1 Å². The van der Waals surface area contributed by atoms with Gasteiger partial charge in [-0.05, 0) is 23.5 Å². The van der Waals surface area contributed by atoms with Crippen LogP contribution in [-0.2, 0) is 8.23 Å². The van der Waals surface area contributed by atoms with E-state index in [0.717, 1.165) is 0 Å². The van der Waals surface area contributed by atoms with Gasteiger partial charge in [0.05, 0.1) is 0 Å². The summed E-state index contributed by atoms with van der Waals surface area (Å²) in [4.78, 5) is 0. The Morgan fingerprint density at radius 1 is 0.909 bits per heavy atom. The molecule has 0 N–H and O–H groups in total. The maximum absolute atomic E-state index is 6.46. The molecular formula is C16H24O2Si4. The third-order valence-corrected chi connectivity index (χ3v) is 17.2. The lowest BCUT2D eigenvalue weighted by Gasteiger charge is -2.21. The summed E-state index contributed by atoms with van der Waals surface area (Å²) in [6.07, 6.45) is 0. The molecule has 0 fully saturated rings. The normalized spacial score (nSPS) is 12.7. The molecule has 2 rings (SSSR count). The van der Waals surface area contributed by atoms with Crippen molar-refractivity contribution in [3.8, 4) is 0 Å². The Hall–Kier alpha value is -1.03. The minimum Gasteiger partial charge on any atom is -0.458 e. The molecule has 0 atom stereocenters. The first kappa shape index (κ1) is 17.3. The lowest BCUT2D eigenvalue weighted by atomic mass is 10.4. The van der Waals surface area contributed by atoms with Crippen LogP contribution in [0.25, 0.3) is 0 Å². The number of hydrogen-bond donors (Lipinski definition) is 0. The SMILES string of the molecule is C=C[Si](C)(C)O[SiH2][SiH2]O[SiH](c1ccccc1)c1ccccc1. The molecule has 22 heavy (non-hydrogen) atoms. The van der Waals surface area contributed by atoms with Gasteiger partial charge in [0, 0.05) is 0 Å². The van der Waals surface area contributed by atoms with Gasteiger partial charge in [-0.2, -0.15) is 0 Å². The van der Waals surface area contributed by atoms with E-state index in [9.17, 15) is 0 Å². The smallest absolute Gasteiger partial charge is 0.228 e. The van der Waals surface area contributed by atoms with E-state index >= 15 is 0 Å². The first-order valence-corrected chi connectivity index (χ1v) is 17.4. The van der Waals surface area contributed by atoms with Crippen LogP contribution >= 0.6 is 0 Å². The predicted molar refractivity (Wildman–Crippen MR) is 106 cm³/mol. The van der Waals surface area contributed by atoms with E-state index in [2.05, 4.69) is 80.3 Å². The number of rotatable bonds is 8. The van der Waals surface area contributed by atoms with Gasteiger partial charge in [-0.25, -0.2) is 0 Å². The van der Waals surface area contributed by atoms with E-state index in [4.69, 9.17) is 8.23 Å². The molecule has 2 aromatic rings. The van der Waals surface area contributed by atoms with E-state index in [1.807, 2.05) is 5.70 Å². The standard InChI is InChI=1S/C16H24O2Si4/c1-4-22(2,3)18-20-19-17-21(15-11-7-5-8-12-15)16-13-9-6-10-14-16/h4-14,21H,1,19-20H2,2-3H3. The van der Waals surface area contributed by atoms with Crippen molar-refractivity contribution in [1.82, 2.24) is 0 Å². The van der Waals surface area contributed by atoms with E-state index in [-0.39, 0.29) is 0 Å². The highest BCUT2D eigenvalue weighted by atomic mass is 29.2. The zero-order valence-corrected chi connectivity index (χ0v) is 18.3. The Balaban J connectivity index is 2.02. The topological polar surface area (TPSA) is 18.5 Å². The van der Waals surface area contributed by atoms with Crippen LogP contribution in [0.5, 0.6) is 0 Å². The summed E-state index contributed by atoms with van der Waals surface area (Å²) < 4.78 is 12.6. The second-order valence-electron chi connectivity index (χ2n) is 5.73. The first-order valence-electron chi connectivity index (χ1n) is 7.61. The van der Waals surface area contributed by atoms with Crippen molar-refractivity contribution in [2.75, 3.05) is 0 Å². The van der Waals surface area contributed by atoms with Crippen molar-refractivity contribution in [3.63, 3.8) is 0 Å². The zero-order chi connectivity index (χ0) is 15.8. The summed E-state index contributed by atoms with van der Waals surface area (Å²) in [5, 5.41) is 2.71. The second kappa shape index (κ2) is 8.56. The highest BCUT2D eigenvalue weighted by Crippen LogP contribution is 2.03. The monoisotopic (exact) mass is 360 g/mol. The van der Waals surface area contributed by atoms with Gasteiger partial charge in [0.1, 0.15) is 0 Å². The summed E-state index contributed by atoms with van der Waals surface area (Å²) in [5.41, 5.74) is 2.01. The van der Waals surface area contributed by atoms with E-state index in [0.29, 0.717) is 0 Å². The van der Waals surface area contributed by atoms with Crippen LogP contribution in [-0.4, -0.2) is 35.9 Å². The quantitative estimate of drug-likeness (QED) is 0.506. The Kier molecular flexibility index (Phi) is 6.74. The Labute approximate surface area is 140 Å². The van der Waals surface area contributed by atoms with Gasteiger partial charge in [-0.15, -0.1) is 6.58 Å². The zero-order valence-electron chi connectivity index (χ0n) is 13.4. The molecule has 0 aliphatic rings. The van der Waals surface area contributed by atoms with Gasteiger partial charge in [0.15, 0.2) is 26.9 Å². The van der Waals surface area contributed by atoms with Gasteiger partial charge in [-0.1, -0.05) is 66.4 Å². The van der Waals surface area contributed by atoms with Crippen LogP contribution in [0.15, 0.2) is 72.9 Å². The molecule has 0 saturated heterocycles. The lowest BCUT2D eigenvalue weighted by Crippen LogP contribution is -2.47. The molecule has 2 nitrogen and oxygen atoms in total. The molecule has 2 aromatic carbocycles. The minimum absolute atomic E-state index is 0.515. The molecule has 0 bridgehead atoms. The van der Waals surface area contributed by atoms with E-state index < -0.39 is 35.9 Å². The van der Waals surface area contributed by atoms with Crippen molar-refractivity contribution in [1.29, 1.82) is 0 Å². The van der Waals surface area contributed by atoms with Crippen LogP contribution in [0.3, 0.4) is 0 Å². The predicted octanol–water partition coefficient (Wildman–Crippen LogP) is 0.571. The maximum atomic E-state index is 6.46. The van der Waals surface area contributed by atoms with Gasteiger partial charge < -0.3 is 8.23 Å². The fourth-order valence-electron chi connectivity index (χ4n) is 2.17. The van der Waals surface area contributed by atoms with Gasteiger partial charge in [0.2, 0.25) is 9.04 Å². The Morgan fingerprint density at radius 3 is 1.86 bits per heavy atom. The van der Waals surface area contributed by atoms with Crippen molar-refractivity contribution >= 4 is 46.3 Å². The molecule has 0 aromatic heterocycles. The molecule has 0 radical (unpaired) electrons. The average molecular weight is 361 g/mol. The lowest BCUT2D eigenvalue weighted by molar-refractivity contribution is 0.598. The molecule has 0 aliphatic carbocycles. The minimum atomic E-state index is -1.61. The number of hydrogen-bond acceptors (Lipinski definition) is 2. The molecule has 0 unspecified atom stereocenters. The molecule has 0 saturated carbocycles. The molecule has 116 valence electrons. The third kappa shape index (κ3) is 5.31. The molecule has 0 amide bonds. The van der Waals surface area contributed by atoms with Crippen LogP contribution in [0.1, 0.15) is 0 Å². The summed E-state index contributed by atoms with van der Waals surface area (Å²) in [7, 11) is -4.21. The van der Waals surface area contributed by atoms with Crippen molar-refractivity contribution in [2.45, 2.75) is 13.1 Å². The summed E-state index contributed by atoms with van der Waals surface area (Å²) in [6, 6.07) is 21.3. The molecular weight excluding hydrogens is 337 g/mol. The highest BCUT2D eigenvalue weighted by molar-refractivity contribution is 7.02. The van der Waals surface area contributed by atoms with Gasteiger partial charge in [0.25, 0.3) is 0 Å². The molecule has 0 heterocycles. The third-order valence-electron chi connectivity index (χ3n) is 3.54. The molecule has 0 aliphatic heterocycles. The fraction of sp³-hybridized carbons (Fsp3) is 0.125. The van der Waals surface area contributed by atoms with Crippen molar-refractivity contribution in [3.05, 3.63) is 72.9 Å². The van der Waals surface area contributed by atoms with Crippen LogP contribution in [0.4, 0.5) is 0 Å². The Bertz CT molecular complexity index is 536. The van der Waals surface area contributed by atoms with Crippen LogP contribution < -0.4 is 10.4 Å². The molecule has 6 heteroatoms. The average Bonchev–Trinajstić information content (AvgIpc) is 2.56. The van der Waals surface area contributed by atoms with Crippen molar-refractivity contribution in [2.24, 2.45) is 0 Å². The fourth-order valence-corrected chi connectivity index (χ4v) is 17.9. The summed E-state index contributed by atoms with van der Waals surface area (Å²) in [6.45, 7) is 8.28. The number of benzene rings is 2. The second-order valence-corrected chi connectivity index (χ2v) is 17.2. The van der Waals surface area contributed by atoms with E-state index in [1.165, 1.54) is 10.4 Å². The maximum Gasteiger partial charge on any atom is 0.228 e. The summed E-state index contributed by atoms with van der Waals surface area (Å²) >= 11 is 0. The van der Waals surface area contributed by atoms with Gasteiger partial charge in [-0.3, -0.25) is 0 Å². The largest absolute Gasteiger partial charge is 0.458 e. The van der Waals surface area contributed by atoms with E-state index in [1.54, 1.807) is 0 Å². The summed E-state index contributed by atoms with van der Waals surface area (Å²) in [5.74, 6) is 0. The Morgan fingerprint density at radius 2 is 1.41 bits per heavy atom. The van der Waals surface area contributed by atoms with Crippen LogP contribution in [0, 0.1) is 0 Å². The van der Waals surface area contributed by atoms with Crippen molar-refractivity contribution < 1.29 is 8.23 Å². The van der Waals surface area contributed by atoms with Gasteiger partial charge >= 0.3 is 0 Å².